The number of benzene rings is 1. The Labute approximate surface area is 145 Å². The molecule has 4 nitrogen and oxygen atoms in total. The van der Waals surface area contributed by atoms with Gasteiger partial charge in [-0.3, -0.25) is 4.79 Å². The number of methoxy groups -OCH3 is 1. The number of carbonyl (C=O) groups excluding carboxylic acids is 1. The third kappa shape index (κ3) is 5.48. The van der Waals surface area contributed by atoms with E-state index in [1.54, 1.807) is 7.11 Å². The molecule has 1 aliphatic rings. The van der Waals surface area contributed by atoms with Crippen molar-refractivity contribution in [3.63, 3.8) is 0 Å². The van der Waals surface area contributed by atoms with E-state index >= 15 is 0 Å². The van der Waals surface area contributed by atoms with Gasteiger partial charge in [-0.05, 0) is 44.3 Å². The maximum absolute atomic E-state index is 12.8. The topological polar surface area (TPSA) is 50.4 Å². The summed E-state index contributed by atoms with van der Waals surface area (Å²) in [5.41, 5.74) is 0.603. The summed E-state index contributed by atoms with van der Waals surface area (Å²) in [4.78, 5) is 12.8. The van der Waals surface area contributed by atoms with Crippen molar-refractivity contribution in [2.24, 2.45) is 0 Å². The van der Waals surface area contributed by atoms with Crippen molar-refractivity contribution >= 4 is 18.3 Å². The first-order chi connectivity index (χ1) is 10.7. The Balaban J connectivity index is 0.00000264. The third-order valence-corrected chi connectivity index (χ3v) is 4.51. The molecule has 5 heteroatoms. The molecule has 0 aliphatic carbocycles. The van der Waals surface area contributed by atoms with Gasteiger partial charge in [-0.1, -0.05) is 43.7 Å². The van der Waals surface area contributed by atoms with Crippen LogP contribution in [0.5, 0.6) is 0 Å². The lowest BCUT2D eigenvalue weighted by Crippen LogP contribution is -2.56. The molecule has 23 heavy (non-hydrogen) atoms. The summed E-state index contributed by atoms with van der Waals surface area (Å²) in [5.74, 6) is 0.0471. The van der Waals surface area contributed by atoms with Crippen molar-refractivity contribution in [2.75, 3.05) is 20.2 Å². The smallest absolute Gasteiger partial charge is 0.252 e. The molecule has 1 unspecified atom stereocenters. The molecule has 2 N–H and O–H groups in total. The van der Waals surface area contributed by atoms with Crippen LogP contribution in [0.1, 0.15) is 38.2 Å². The van der Waals surface area contributed by atoms with Crippen molar-refractivity contribution in [3.05, 3.63) is 35.9 Å². The summed E-state index contributed by atoms with van der Waals surface area (Å²) in [7, 11) is 1.65. The van der Waals surface area contributed by atoms with Crippen LogP contribution in [0.15, 0.2) is 30.3 Å². The Morgan fingerprint density at radius 1 is 1.30 bits per heavy atom. The van der Waals surface area contributed by atoms with Crippen LogP contribution in [0.2, 0.25) is 0 Å². The van der Waals surface area contributed by atoms with Crippen molar-refractivity contribution in [3.8, 4) is 0 Å². The van der Waals surface area contributed by atoms with Gasteiger partial charge in [0.1, 0.15) is 5.60 Å². The second-order valence-corrected chi connectivity index (χ2v) is 6.10. The minimum Gasteiger partial charge on any atom is -0.368 e. The monoisotopic (exact) mass is 340 g/mol. The highest BCUT2D eigenvalue weighted by Crippen LogP contribution is 2.23. The molecule has 1 aromatic rings. The van der Waals surface area contributed by atoms with Crippen molar-refractivity contribution in [2.45, 2.75) is 50.7 Å². The van der Waals surface area contributed by atoms with Gasteiger partial charge in [-0.15, -0.1) is 12.4 Å². The quantitative estimate of drug-likeness (QED) is 0.802. The number of hydrogen-bond donors (Lipinski definition) is 2. The molecule has 1 atom stereocenters. The molecular formula is C18H29ClN2O2. The van der Waals surface area contributed by atoms with E-state index in [-0.39, 0.29) is 24.4 Å². The Hall–Kier alpha value is -1.10. The Morgan fingerprint density at radius 3 is 2.52 bits per heavy atom. The second-order valence-electron chi connectivity index (χ2n) is 6.10. The number of hydrogen-bond acceptors (Lipinski definition) is 3. The summed E-state index contributed by atoms with van der Waals surface area (Å²) in [6, 6.07) is 10.5. The molecule has 1 saturated heterocycles. The van der Waals surface area contributed by atoms with E-state index in [1.165, 1.54) is 5.56 Å². The highest BCUT2D eigenvalue weighted by Gasteiger charge is 2.40. The fraction of sp³-hybridized carbons (Fsp3) is 0.611. The molecule has 1 amide bonds. The summed E-state index contributed by atoms with van der Waals surface area (Å²) < 4.78 is 5.62. The number of halogens is 1. The minimum absolute atomic E-state index is 0. The zero-order valence-corrected chi connectivity index (χ0v) is 15.0. The lowest BCUT2D eigenvalue weighted by molar-refractivity contribution is -0.147. The van der Waals surface area contributed by atoms with E-state index in [1.807, 2.05) is 18.2 Å². The molecule has 0 radical (unpaired) electrons. The molecule has 1 heterocycles. The molecule has 1 aliphatic heterocycles. The van der Waals surface area contributed by atoms with Crippen LogP contribution in [0.25, 0.3) is 0 Å². The van der Waals surface area contributed by atoms with Crippen LogP contribution >= 0.6 is 12.4 Å². The standard InChI is InChI=1S/C18H28N2O2.ClH/c1-3-7-16(14-15-8-5-4-6-9-15)20-17(21)18(22-2)10-12-19-13-11-18;/h4-6,8-9,16,19H,3,7,10-14H2,1-2H3,(H,20,21);1H. The largest absolute Gasteiger partial charge is 0.368 e. The van der Waals surface area contributed by atoms with Gasteiger partial charge >= 0.3 is 0 Å². The van der Waals surface area contributed by atoms with Gasteiger partial charge in [0.15, 0.2) is 0 Å². The van der Waals surface area contributed by atoms with Crippen LogP contribution in [-0.2, 0) is 16.0 Å². The van der Waals surface area contributed by atoms with Crippen LogP contribution in [0.4, 0.5) is 0 Å². The summed E-state index contributed by atoms with van der Waals surface area (Å²) in [6.45, 7) is 3.82. The average Bonchev–Trinajstić information content (AvgIpc) is 2.56. The summed E-state index contributed by atoms with van der Waals surface area (Å²) in [6.07, 6.45) is 4.38. The highest BCUT2D eigenvalue weighted by atomic mass is 35.5. The van der Waals surface area contributed by atoms with E-state index in [0.717, 1.165) is 45.2 Å². The maximum Gasteiger partial charge on any atom is 0.252 e. The van der Waals surface area contributed by atoms with Gasteiger partial charge in [0.05, 0.1) is 0 Å². The van der Waals surface area contributed by atoms with Crippen LogP contribution in [0, 0.1) is 0 Å². The molecular weight excluding hydrogens is 312 g/mol. The van der Waals surface area contributed by atoms with Crippen LogP contribution in [0.3, 0.4) is 0 Å². The lowest BCUT2D eigenvalue weighted by Gasteiger charge is -2.36. The molecule has 0 spiro atoms. The van der Waals surface area contributed by atoms with Crippen LogP contribution in [-0.4, -0.2) is 37.7 Å². The van der Waals surface area contributed by atoms with Crippen molar-refractivity contribution in [1.82, 2.24) is 10.6 Å². The molecule has 0 aromatic heterocycles. The second kappa shape index (κ2) is 9.91. The van der Waals surface area contributed by atoms with E-state index in [4.69, 9.17) is 4.74 Å². The first-order valence-corrected chi connectivity index (χ1v) is 8.31. The summed E-state index contributed by atoms with van der Waals surface area (Å²) in [5, 5.41) is 6.52. The number of ether oxygens (including phenoxy) is 1. The molecule has 130 valence electrons. The Morgan fingerprint density at radius 2 is 1.96 bits per heavy atom. The maximum atomic E-state index is 12.8. The van der Waals surface area contributed by atoms with Gasteiger partial charge in [0, 0.05) is 13.2 Å². The summed E-state index contributed by atoms with van der Waals surface area (Å²) >= 11 is 0. The fourth-order valence-electron chi connectivity index (χ4n) is 3.14. The highest BCUT2D eigenvalue weighted by molar-refractivity contribution is 5.86. The number of carbonyl (C=O) groups is 1. The molecule has 0 bridgehead atoms. The number of nitrogens with one attached hydrogen (secondary N) is 2. The van der Waals surface area contributed by atoms with Crippen molar-refractivity contribution in [1.29, 1.82) is 0 Å². The molecule has 1 fully saturated rings. The molecule has 0 saturated carbocycles. The number of rotatable bonds is 7. The normalized spacial score (nSPS) is 17.8. The predicted molar refractivity (Wildman–Crippen MR) is 96.1 cm³/mol. The number of amides is 1. The van der Waals surface area contributed by atoms with Gasteiger partial charge in [-0.2, -0.15) is 0 Å². The van der Waals surface area contributed by atoms with Gasteiger partial charge in [0.25, 0.3) is 5.91 Å². The van der Waals surface area contributed by atoms with E-state index in [2.05, 4.69) is 29.7 Å². The first kappa shape index (κ1) is 19.9. The first-order valence-electron chi connectivity index (χ1n) is 8.31. The van der Waals surface area contributed by atoms with Gasteiger partial charge in [-0.25, -0.2) is 0 Å². The minimum atomic E-state index is -0.659. The zero-order valence-electron chi connectivity index (χ0n) is 14.1. The average molecular weight is 341 g/mol. The van der Waals surface area contributed by atoms with Crippen LogP contribution < -0.4 is 10.6 Å². The SMILES string of the molecule is CCCC(Cc1ccccc1)NC(=O)C1(OC)CCNCC1.Cl. The Bertz CT molecular complexity index is 461. The van der Waals surface area contributed by atoms with Crippen molar-refractivity contribution < 1.29 is 9.53 Å². The van der Waals surface area contributed by atoms with Gasteiger partial charge < -0.3 is 15.4 Å². The van der Waals surface area contributed by atoms with E-state index in [0.29, 0.717) is 0 Å². The predicted octanol–water partition coefficient (Wildman–Crippen LogP) is 2.70. The number of piperidine rings is 1. The van der Waals surface area contributed by atoms with E-state index < -0.39 is 5.60 Å². The Kier molecular flexibility index (Phi) is 8.59. The molecule has 1 aromatic carbocycles. The fourth-order valence-corrected chi connectivity index (χ4v) is 3.14. The van der Waals surface area contributed by atoms with E-state index in [9.17, 15) is 4.79 Å². The van der Waals surface area contributed by atoms with Gasteiger partial charge in [0.2, 0.25) is 0 Å². The third-order valence-electron chi connectivity index (χ3n) is 4.51. The lowest BCUT2D eigenvalue weighted by atomic mass is 9.90. The zero-order chi connectivity index (χ0) is 15.8. The molecule has 2 rings (SSSR count).